The van der Waals surface area contributed by atoms with Crippen molar-refractivity contribution in [3.05, 3.63) is 87.1 Å². The Labute approximate surface area is 165 Å². The molecule has 0 fully saturated rings. The Hall–Kier alpha value is -2.37. The molecule has 0 bridgehead atoms. The number of hydrogen-bond acceptors (Lipinski definition) is 2. The fourth-order valence-corrected chi connectivity index (χ4v) is 3.19. The van der Waals surface area contributed by atoms with Crippen molar-refractivity contribution in [2.24, 2.45) is 0 Å². The van der Waals surface area contributed by atoms with Gasteiger partial charge in [-0.3, -0.25) is 4.79 Å². The van der Waals surface area contributed by atoms with Gasteiger partial charge in [0.15, 0.2) is 0 Å². The van der Waals surface area contributed by atoms with Gasteiger partial charge in [-0.2, -0.15) is 5.10 Å². The summed E-state index contributed by atoms with van der Waals surface area (Å²) in [5.41, 5.74) is 3.34. The number of anilines is 1. The zero-order valence-electron chi connectivity index (χ0n) is 14.1. The zero-order valence-corrected chi connectivity index (χ0v) is 16.5. The topological polar surface area (TPSA) is 46.9 Å². The number of halogens is 2. The molecule has 1 N–H and O–H groups in total. The predicted molar refractivity (Wildman–Crippen MR) is 109 cm³/mol. The second-order valence-corrected chi connectivity index (χ2v) is 6.95. The first-order valence-electron chi connectivity index (χ1n) is 8.05. The van der Waals surface area contributed by atoms with Crippen molar-refractivity contribution in [2.45, 2.75) is 13.5 Å². The van der Waals surface area contributed by atoms with Crippen LogP contribution in [0.25, 0.3) is 6.08 Å². The molecule has 1 heterocycles. The summed E-state index contributed by atoms with van der Waals surface area (Å²) < 4.78 is 2.56. The van der Waals surface area contributed by atoms with Crippen LogP contribution >= 0.6 is 27.5 Å². The van der Waals surface area contributed by atoms with Gasteiger partial charge in [-0.05, 0) is 46.6 Å². The molecule has 4 nitrogen and oxygen atoms in total. The van der Waals surface area contributed by atoms with E-state index in [1.54, 1.807) is 10.8 Å². The number of aromatic nitrogens is 2. The number of para-hydroxylation sites is 1. The van der Waals surface area contributed by atoms with Crippen molar-refractivity contribution in [1.29, 1.82) is 0 Å². The van der Waals surface area contributed by atoms with Gasteiger partial charge in [0, 0.05) is 16.1 Å². The van der Waals surface area contributed by atoms with E-state index in [-0.39, 0.29) is 5.91 Å². The van der Waals surface area contributed by atoms with Crippen LogP contribution in [0.2, 0.25) is 5.15 Å². The molecule has 1 aromatic heterocycles. The molecule has 3 aromatic rings. The van der Waals surface area contributed by atoms with Crippen LogP contribution in [0.3, 0.4) is 0 Å². The van der Waals surface area contributed by atoms with E-state index in [0.717, 1.165) is 21.3 Å². The van der Waals surface area contributed by atoms with Crippen LogP contribution in [0.15, 0.2) is 65.1 Å². The fraction of sp³-hybridized carbons (Fsp3) is 0.100. The molecule has 0 saturated carbocycles. The lowest BCUT2D eigenvalue weighted by molar-refractivity contribution is -0.111. The third-order valence-corrected chi connectivity index (χ3v) is 4.91. The van der Waals surface area contributed by atoms with E-state index >= 15 is 0 Å². The molecule has 3 rings (SSSR count). The number of hydrogen-bond donors (Lipinski definition) is 1. The fourth-order valence-electron chi connectivity index (χ4n) is 2.51. The summed E-state index contributed by atoms with van der Waals surface area (Å²) in [6.45, 7) is 2.45. The van der Waals surface area contributed by atoms with Crippen LogP contribution in [-0.4, -0.2) is 15.7 Å². The zero-order chi connectivity index (χ0) is 18.5. The molecule has 0 spiro atoms. The standard InChI is InChI=1S/C20H17BrClN3O/c1-14-16(11-12-19(26)23-18-10-6-5-9-17(18)21)20(22)25(24-14)13-15-7-3-2-4-8-15/h2-12H,13H2,1H3,(H,23,26)/b12-11+. The summed E-state index contributed by atoms with van der Waals surface area (Å²) in [6.07, 6.45) is 3.15. The third-order valence-electron chi connectivity index (χ3n) is 3.82. The summed E-state index contributed by atoms with van der Waals surface area (Å²) in [4.78, 5) is 12.2. The smallest absolute Gasteiger partial charge is 0.248 e. The number of benzene rings is 2. The number of amides is 1. The van der Waals surface area contributed by atoms with Gasteiger partial charge in [-0.1, -0.05) is 54.1 Å². The SMILES string of the molecule is Cc1nn(Cc2ccccc2)c(Cl)c1/C=C/C(=O)Nc1ccccc1Br. The summed E-state index contributed by atoms with van der Waals surface area (Å²) in [5, 5.41) is 7.81. The van der Waals surface area contributed by atoms with Crippen molar-refractivity contribution in [1.82, 2.24) is 9.78 Å². The van der Waals surface area contributed by atoms with Crippen molar-refractivity contribution in [2.75, 3.05) is 5.32 Å². The predicted octanol–water partition coefficient (Wildman–Crippen LogP) is 5.31. The van der Waals surface area contributed by atoms with E-state index in [0.29, 0.717) is 17.4 Å². The lowest BCUT2D eigenvalue weighted by Gasteiger charge is -2.04. The Balaban J connectivity index is 1.74. The van der Waals surface area contributed by atoms with Crippen molar-refractivity contribution < 1.29 is 4.79 Å². The average molecular weight is 431 g/mol. The number of carbonyl (C=O) groups is 1. The second kappa shape index (κ2) is 8.34. The lowest BCUT2D eigenvalue weighted by atomic mass is 10.2. The molecular formula is C20H17BrClN3O. The Bertz CT molecular complexity index is 951. The minimum Gasteiger partial charge on any atom is -0.321 e. The number of nitrogens with zero attached hydrogens (tertiary/aromatic N) is 2. The summed E-state index contributed by atoms with van der Waals surface area (Å²) in [7, 11) is 0. The van der Waals surface area contributed by atoms with E-state index in [9.17, 15) is 4.79 Å². The molecule has 6 heteroatoms. The highest BCUT2D eigenvalue weighted by atomic mass is 79.9. The molecule has 132 valence electrons. The molecule has 1 amide bonds. The van der Waals surface area contributed by atoms with E-state index in [2.05, 4.69) is 26.3 Å². The van der Waals surface area contributed by atoms with Gasteiger partial charge in [0.25, 0.3) is 0 Å². The Morgan fingerprint density at radius 3 is 2.62 bits per heavy atom. The Morgan fingerprint density at radius 1 is 1.19 bits per heavy atom. The normalized spacial score (nSPS) is 11.0. The maximum Gasteiger partial charge on any atom is 0.248 e. The monoisotopic (exact) mass is 429 g/mol. The Kier molecular flexibility index (Phi) is 5.91. The molecule has 0 aliphatic carbocycles. The Morgan fingerprint density at radius 2 is 1.88 bits per heavy atom. The van der Waals surface area contributed by atoms with Crippen LogP contribution in [0.5, 0.6) is 0 Å². The maximum atomic E-state index is 12.2. The van der Waals surface area contributed by atoms with Gasteiger partial charge in [-0.15, -0.1) is 0 Å². The molecule has 0 aliphatic heterocycles. The number of rotatable bonds is 5. The largest absolute Gasteiger partial charge is 0.321 e. The van der Waals surface area contributed by atoms with Gasteiger partial charge in [-0.25, -0.2) is 4.68 Å². The highest BCUT2D eigenvalue weighted by Gasteiger charge is 2.12. The molecular weight excluding hydrogens is 414 g/mol. The molecule has 26 heavy (non-hydrogen) atoms. The minimum absolute atomic E-state index is 0.233. The lowest BCUT2D eigenvalue weighted by Crippen LogP contribution is -2.08. The average Bonchev–Trinajstić information content (AvgIpc) is 2.89. The number of aryl methyl sites for hydroxylation is 1. The van der Waals surface area contributed by atoms with Gasteiger partial charge < -0.3 is 5.32 Å². The molecule has 0 radical (unpaired) electrons. The first-order chi connectivity index (χ1) is 12.5. The molecule has 2 aromatic carbocycles. The summed E-state index contributed by atoms with van der Waals surface area (Å²) in [6, 6.07) is 17.4. The molecule has 0 saturated heterocycles. The first-order valence-corrected chi connectivity index (χ1v) is 9.22. The number of nitrogens with one attached hydrogen (secondary N) is 1. The quantitative estimate of drug-likeness (QED) is 0.558. The van der Waals surface area contributed by atoms with Crippen LogP contribution in [0.4, 0.5) is 5.69 Å². The van der Waals surface area contributed by atoms with Gasteiger partial charge in [0.1, 0.15) is 5.15 Å². The van der Waals surface area contributed by atoms with Crippen LogP contribution < -0.4 is 5.32 Å². The number of carbonyl (C=O) groups excluding carboxylic acids is 1. The van der Waals surface area contributed by atoms with Crippen LogP contribution in [0.1, 0.15) is 16.8 Å². The summed E-state index contributed by atoms with van der Waals surface area (Å²) >= 11 is 9.86. The van der Waals surface area contributed by atoms with Crippen molar-refractivity contribution in [3.8, 4) is 0 Å². The van der Waals surface area contributed by atoms with Gasteiger partial charge >= 0.3 is 0 Å². The van der Waals surface area contributed by atoms with E-state index in [1.165, 1.54) is 6.08 Å². The van der Waals surface area contributed by atoms with Crippen LogP contribution in [-0.2, 0) is 11.3 Å². The minimum atomic E-state index is -0.233. The highest BCUT2D eigenvalue weighted by Crippen LogP contribution is 2.23. The van der Waals surface area contributed by atoms with Crippen molar-refractivity contribution >= 4 is 45.2 Å². The van der Waals surface area contributed by atoms with E-state index in [1.807, 2.05) is 61.5 Å². The molecule has 0 unspecified atom stereocenters. The van der Waals surface area contributed by atoms with Crippen LogP contribution in [0, 0.1) is 6.92 Å². The molecule has 0 aliphatic rings. The van der Waals surface area contributed by atoms with Crippen molar-refractivity contribution in [3.63, 3.8) is 0 Å². The first kappa shape index (κ1) is 18.4. The summed E-state index contributed by atoms with van der Waals surface area (Å²) in [5.74, 6) is -0.233. The third kappa shape index (κ3) is 4.42. The van der Waals surface area contributed by atoms with Gasteiger partial charge in [0.05, 0.1) is 17.9 Å². The highest BCUT2D eigenvalue weighted by molar-refractivity contribution is 9.10. The van der Waals surface area contributed by atoms with E-state index < -0.39 is 0 Å². The maximum absolute atomic E-state index is 12.2. The second-order valence-electron chi connectivity index (χ2n) is 5.74. The molecule has 0 atom stereocenters. The van der Waals surface area contributed by atoms with Gasteiger partial charge in [0.2, 0.25) is 5.91 Å². The van der Waals surface area contributed by atoms with E-state index in [4.69, 9.17) is 11.6 Å².